The molecule has 24 heavy (non-hydrogen) atoms. The number of carbonyl (C=O) groups excluding carboxylic acids is 1. The summed E-state index contributed by atoms with van der Waals surface area (Å²) in [5, 5.41) is 3.59. The summed E-state index contributed by atoms with van der Waals surface area (Å²) >= 11 is 0. The largest absolute Gasteiger partial charge is 0.460 e. The van der Waals surface area contributed by atoms with Crippen LogP contribution < -0.4 is 5.32 Å². The second-order valence-corrected chi connectivity index (χ2v) is 5.40. The number of rotatable bonds is 4. The molecular formula is C18H17FN2O3. The lowest BCUT2D eigenvalue weighted by Crippen LogP contribution is -2.06. The van der Waals surface area contributed by atoms with E-state index in [9.17, 15) is 9.18 Å². The Morgan fingerprint density at radius 1 is 1.33 bits per heavy atom. The zero-order chi connectivity index (χ0) is 17.3. The van der Waals surface area contributed by atoms with Gasteiger partial charge in [-0.05, 0) is 44.5 Å². The minimum Gasteiger partial charge on any atom is -0.460 e. The molecule has 0 amide bonds. The topological polar surface area (TPSA) is 64.4 Å². The van der Waals surface area contributed by atoms with Gasteiger partial charge in [0.2, 0.25) is 5.76 Å². The highest BCUT2D eigenvalue weighted by molar-refractivity contribution is 6.06. The van der Waals surface area contributed by atoms with Crippen LogP contribution in [0.25, 0.3) is 11.0 Å². The molecule has 0 aliphatic carbocycles. The molecule has 0 saturated heterocycles. The van der Waals surface area contributed by atoms with Crippen LogP contribution in [0, 0.1) is 19.7 Å². The second-order valence-electron chi connectivity index (χ2n) is 5.40. The Bertz CT molecular complexity index is 918. The molecule has 6 heteroatoms. The van der Waals surface area contributed by atoms with E-state index >= 15 is 0 Å². The van der Waals surface area contributed by atoms with Crippen LogP contribution in [-0.2, 0) is 4.74 Å². The minimum absolute atomic E-state index is 0.00271. The standard InChI is InChI=1S/C18H17FN2O3/c1-4-23-18(22)17-16(15-11(3)20-8-7-14(15)24-17)21-13-6-5-10(2)9-12(13)19/h5-9,21H,4H2,1-3H3. The first-order valence-electron chi connectivity index (χ1n) is 7.59. The lowest BCUT2D eigenvalue weighted by molar-refractivity contribution is 0.0494. The Balaban J connectivity index is 2.16. The highest BCUT2D eigenvalue weighted by Crippen LogP contribution is 2.35. The molecule has 2 heterocycles. The third-order valence-corrected chi connectivity index (χ3v) is 3.64. The van der Waals surface area contributed by atoms with Crippen molar-refractivity contribution in [2.75, 3.05) is 11.9 Å². The molecule has 0 atom stereocenters. The molecule has 0 spiro atoms. The first-order chi connectivity index (χ1) is 11.5. The lowest BCUT2D eigenvalue weighted by atomic mass is 10.1. The first kappa shape index (κ1) is 16.0. The summed E-state index contributed by atoms with van der Waals surface area (Å²) in [4.78, 5) is 16.4. The van der Waals surface area contributed by atoms with Gasteiger partial charge in [0.25, 0.3) is 0 Å². The number of pyridine rings is 1. The molecule has 0 unspecified atom stereocenters. The van der Waals surface area contributed by atoms with Gasteiger partial charge in [0.1, 0.15) is 17.1 Å². The zero-order valence-electron chi connectivity index (χ0n) is 13.6. The van der Waals surface area contributed by atoms with Crippen LogP contribution in [0.15, 0.2) is 34.9 Å². The van der Waals surface area contributed by atoms with Crippen molar-refractivity contribution in [3.63, 3.8) is 0 Å². The van der Waals surface area contributed by atoms with E-state index in [0.29, 0.717) is 22.4 Å². The number of furan rings is 1. The third-order valence-electron chi connectivity index (χ3n) is 3.64. The van der Waals surface area contributed by atoms with E-state index < -0.39 is 11.8 Å². The monoisotopic (exact) mass is 328 g/mol. The van der Waals surface area contributed by atoms with Crippen molar-refractivity contribution in [3.8, 4) is 0 Å². The van der Waals surface area contributed by atoms with Gasteiger partial charge in [-0.15, -0.1) is 0 Å². The number of esters is 1. The molecule has 3 rings (SSSR count). The van der Waals surface area contributed by atoms with Crippen LogP contribution in [0.3, 0.4) is 0 Å². The molecule has 0 saturated carbocycles. The SMILES string of the molecule is CCOC(=O)c1oc2ccnc(C)c2c1Nc1ccc(C)cc1F. The fraction of sp³-hybridized carbons (Fsp3) is 0.222. The molecule has 0 bridgehead atoms. The highest BCUT2D eigenvalue weighted by Gasteiger charge is 2.24. The van der Waals surface area contributed by atoms with Gasteiger partial charge in [-0.2, -0.15) is 0 Å². The van der Waals surface area contributed by atoms with Gasteiger partial charge in [-0.25, -0.2) is 9.18 Å². The lowest BCUT2D eigenvalue weighted by Gasteiger charge is -2.09. The van der Waals surface area contributed by atoms with Crippen LogP contribution in [0.1, 0.15) is 28.7 Å². The van der Waals surface area contributed by atoms with E-state index in [4.69, 9.17) is 9.15 Å². The van der Waals surface area contributed by atoms with E-state index in [2.05, 4.69) is 10.3 Å². The van der Waals surface area contributed by atoms with Crippen LogP contribution in [0.4, 0.5) is 15.8 Å². The van der Waals surface area contributed by atoms with Gasteiger partial charge in [-0.1, -0.05) is 6.07 Å². The van der Waals surface area contributed by atoms with Gasteiger partial charge in [0.15, 0.2) is 0 Å². The van der Waals surface area contributed by atoms with E-state index in [1.54, 1.807) is 45.2 Å². The van der Waals surface area contributed by atoms with Crippen LogP contribution >= 0.6 is 0 Å². The van der Waals surface area contributed by atoms with Gasteiger partial charge in [0, 0.05) is 6.20 Å². The maximum absolute atomic E-state index is 14.2. The van der Waals surface area contributed by atoms with Crippen molar-refractivity contribution in [1.29, 1.82) is 0 Å². The summed E-state index contributed by atoms with van der Waals surface area (Å²) in [6.07, 6.45) is 1.59. The van der Waals surface area contributed by atoms with Gasteiger partial charge >= 0.3 is 5.97 Å². The average Bonchev–Trinajstić information content (AvgIpc) is 2.90. The summed E-state index contributed by atoms with van der Waals surface area (Å²) < 4.78 is 24.9. The fourth-order valence-corrected chi connectivity index (χ4v) is 2.52. The molecule has 5 nitrogen and oxygen atoms in total. The number of hydrogen-bond acceptors (Lipinski definition) is 5. The smallest absolute Gasteiger partial charge is 0.376 e. The van der Waals surface area contributed by atoms with Crippen molar-refractivity contribution in [1.82, 2.24) is 4.98 Å². The number of ether oxygens (including phenoxy) is 1. The number of nitrogens with zero attached hydrogens (tertiary/aromatic N) is 1. The number of aromatic nitrogens is 1. The summed E-state index contributed by atoms with van der Waals surface area (Å²) in [5.74, 6) is -1.02. The summed E-state index contributed by atoms with van der Waals surface area (Å²) in [6.45, 7) is 5.52. The Morgan fingerprint density at radius 3 is 2.83 bits per heavy atom. The number of halogens is 1. The maximum Gasteiger partial charge on any atom is 0.376 e. The Labute approximate surface area is 138 Å². The number of carbonyl (C=O) groups is 1. The van der Waals surface area contributed by atoms with E-state index in [0.717, 1.165) is 5.56 Å². The second kappa shape index (κ2) is 6.31. The average molecular weight is 328 g/mol. The van der Waals surface area contributed by atoms with Crippen molar-refractivity contribution in [2.45, 2.75) is 20.8 Å². The van der Waals surface area contributed by atoms with Gasteiger partial charge in [-0.3, -0.25) is 4.98 Å². The molecule has 2 aromatic heterocycles. The highest BCUT2D eigenvalue weighted by atomic mass is 19.1. The molecule has 124 valence electrons. The summed E-state index contributed by atoms with van der Waals surface area (Å²) in [5.41, 5.74) is 2.56. The number of aryl methyl sites for hydroxylation is 2. The predicted octanol–water partition coefficient (Wildman–Crippen LogP) is 4.50. The molecule has 1 N–H and O–H groups in total. The van der Waals surface area contributed by atoms with E-state index in [1.807, 2.05) is 0 Å². The van der Waals surface area contributed by atoms with Crippen LogP contribution in [0.2, 0.25) is 0 Å². The van der Waals surface area contributed by atoms with Gasteiger partial charge < -0.3 is 14.5 Å². The van der Waals surface area contributed by atoms with Crippen molar-refractivity contribution in [3.05, 3.63) is 53.3 Å². The molecule has 0 radical (unpaired) electrons. The van der Waals surface area contributed by atoms with E-state index in [1.165, 1.54) is 6.07 Å². The summed E-state index contributed by atoms with van der Waals surface area (Å²) in [7, 11) is 0. The normalized spacial score (nSPS) is 10.8. The molecule has 1 aromatic carbocycles. The number of fused-ring (bicyclic) bond motifs is 1. The molecule has 3 aromatic rings. The van der Waals surface area contributed by atoms with E-state index in [-0.39, 0.29) is 18.1 Å². The third kappa shape index (κ3) is 2.82. The first-order valence-corrected chi connectivity index (χ1v) is 7.59. The number of nitrogens with one attached hydrogen (secondary N) is 1. The Kier molecular flexibility index (Phi) is 4.20. The van der Waals surface area contributed by atoms with Crippen molar-refractivity contribution in [2.24, 2.45) is 0 Å². The molecule has 0 aliphatic rings. The molecule has 0 aliphatic heterocycles. The predicted molar refractivity (Wildman–Crippen MR) is 89.1 cm³/mol. The maximum atomic E-state index is 14.2. The van der Waals surface area contributed by atoms with Crippen molar-refractivity contribution < 1.29 is 18.3 Å². The fourth-order valence-electron chi connectivity index (χ4n) is 2.52. The number of anilines is 2. The van der Waals surface area contributed by atoms with Crippen molar-refractivity contribution >= 4 is 28.3 Å². The van der Waals surface area contributed by atoms with Gasteiger partial charge in [0.05, 0.1) is 23.4 Å². The van der Waals surface area contributed by atoms with Crippen LogP contribution in [-0.4, -0.2) is 17.6 Å². The molecule has 0 fully saturated rings. The molecular weight excluding hydrogens is 311 g/mol. The minimum atomic E-state index is -0.608. The Morgan fingerprint density at radius 2 is 2.12 bits per heavy atom. The Hall–Kier alpha value is -2.89. The number of hydrogen-bond donors (Lipinski definition) is 1. The quantitative estimate of drug-likeness (QED) is 0.714. The summed E-state index contributed by atoms with van der Waals surface area (Å²) in [6, 6.07) is 6.47. The van der Waals surface area contributed by atoms with Crippen LogP contribution in [0.5, 0.6) is 0 Å². The zero-order valence-corrected chi connectivity index (χ0v) is 13.6. The number of benzene rings is 1.